The van der Waals surface area contributed by atoms with Gasteiger partial charge in [-0.1, -0.05) is 28.1 Å². The molecule has 0 amide bonds. The Morgan fingerprint density at radius 2 is 2.07 bits per heavy atom. The summed E-state index contributed by atoms with van der Waals surface area (Å²) in [5, 5.41) is 4.14. The van der Waals surface area contributed by atoms with Crippen molar-refractivity contribution in [3.05, 3.63) is 57.5 Å². The van der Waals surface area contributed by atoms with Gasteiger partial charge in [0.1, 0.15) is 5.82 Å². The first kappa shape index (κ1) is 10.8. The lowest BCUT2D eigenvalue weighted by molar-refractivity contribution is 0.618. The van der Waals surface area contributed by atoms with Gasteiger partial charge in [-0.15, -0.1) is 0 Å². The Balaban J connectivity index is 2.34. The zero-order valence-electron chi connectivity index (χ0n) is 8.21. The normalized spacial score (nSPS) is 12.7. The van der Waals surface area contributed by atoms with Crippen LogP contribution in [0.15, 0.2) is 35.0 Å². The zero-order valence-corrected chi connectivity index (χ0v) is 10.6. The lowest BCUT2D eigenvalue weighted by atomic mass is 10.1. The largest absolute Gasteiger partial charge is 0.207 e. The zero-order chi connectivity index (χ0) is 10.8. The molecule has 1 aromatic heterocycles. The van der Waals surface area contributed by atoms with Crippen LogP contribution in [0.25, 0.3) is 0 Å². The smallest absolute Gasteiger partial charge is 0.126 e. The molecule has 0 N–H and O–H groups in total. The average molecular weight is 285 g/mol. The van der Waals surface area contributed by atoms with Crippen LogP contribution in [0.1, 0.15) is 21.5 Å². The molecule has 1 unspecified atom stereocenters. The minimum atomic E-state index is -0.149. The Bertz CT molecular complexity index is 451. The molecule has 0 nitrogen and oxygen atoms in total. The minimum Gasteiger partial charge on any atom is -0.207 e. The predicted octanol–water partition coefficient (Wildman–Crippen LogP) is 4.68. The summed E-state index contributed by atoms with van der Waals surface area (Å²) in [5.74, 6) is -0.149. The lowest BCUT2D eigenvalue weighted by Crippen LogP contribution is -1.92. The van der Waals surface area contributed by atoms with Gasteiger partial charge in [-0.3, -0.25) is 0 Å². The highest BCUT2D eigenvalue weighted by Gasteiger charge is 2.11. The summed E-state index contributed by atoms with van der Waals surface area (Å²) in [7, 11) is 0. The van der Waals surface area contributed by atoms with E-state index in [4.69, 9.17) is 0 Å². The SMILES string of the molecule is Cc1cc(C(Br)c2ccsc2)ccc1F. The molecule has 1 aromatic carbocycles. The second-order valence-corrected chi connectivity index (χ2v) is 5.12. The molecule has 1 heterocycles. The van der Waals surface area contributed by atoms with E-state index >= 15 is 0 Å². The molecule has 0 aliphatic heterocycles. The van der Waals surface area contributed by atoms with Crippen LogP contribution >= 0.6 is 27.3 Å². The van der Waals surface area contributed by atoms with E-state index in [1.165, 1.54) is 11.6 Å². The van der Waals surface area contributed by atoms with Crippen molar-refractivity contribution >= 4 is 27.3 Å². The number of hydrogen-bond acceptors (Lipinski definition) is 1. The molecule has 0 aliphatic carbocycles. The molecule has 3 heteroatoms. The minimum absolute atomic E-state index is 0.149. The van der Waals surface area contributed by atoms with Gasteiger partial charge in [0.25, 0.3) is 0 Å². The highest BCUT2D eigenvalue weighted by molar-refractivity contribution is 9.09. The average Bonchev–Trinajstić information content (AvgIpc) is 2.74. The maximum absolute atomic E-state index is 13.1. The molecule has 0 aliphatic rings. The van der Waals surface area contributed by atoms with Gasteiger partial charge in [-0.25, -0.2) is 4.39 Å². The second kappa shape index (κ2) is 4.45. The first-order chi connectivity index (χ1) is 7.18. The molecule has 0 saturated heterocycles. The van der Waals surface area contributed by atoms with Crippen molar-refractivity contribution in [1.29, 1.82) is 0 Å². The molecule has 0 spiro atoms. The van der Waals surface area contributed by atoms with Crippen molar-refractivity contribution in [1.82, 2.24) is 0 Å². The fraction of sp³-hybridized carbons (Fsp3) is 0.167. The van der Waals surface area contributed by atoms with E-state index in [-0.39, 0.29) is 10.6 Å². The highest BCUT2D eigenvalue weighted by atomic mass is 79.9. The fourth-order valence-electron chi connectivity index (χ4n) is 1.44. The third-order valence-electron chi connectivity index (χ3n) is 2.31. The molecule has 2 rings (SSSR count). The first-order valence-corrected chi connectivity index (χ1v) is 6.46. The molecular weight excluding hydrogens is 275 g/mol. The van der Waals surface area contributed by atoms with Gasteiger partial charge in [0.05, 0.1) is 4.83 Å². The van der Waals surface area contributed by atoms with E-state index in [0.717, 1.165) is 5.56 Å². The number of rotatable bonds is 2. The van der Waals surface area contributed by atoms with Gasteiger partial charge in [0.2, 0.25) is 0 Å². The Kier molecular flexibility index (Phi) is 3.22. The first-order valence-electron chi connectivity index (χ1n) is 4.60. The summed E-state index contributed by atoms with van der Waals surface area (Å²) < 4.78 is 13.1. The van der Waals surface area contributed by atoms with Crippen LogP contribution in [-0.2, 0) is 0 Å². The molecule has 15 heavy (non-hydrogen) atoms. The lowest BCUT2D eigenvalue weighted by Gasteiger charge is -2.09. The van der Waals surface area contributed by atoms with Crippen molar-refractivity contribution < 1.29 is 4.39 Å². The molecule has 1 atom stereocenters. The van der Waals surface area contributed by atoms with Gasteiger partial charge in [-0.2, -0.15) is 11.3 Å². The van der Waals surface area contributed by atoms with Crippen molar-refractivity contribution in [2.45, 2.75) is 11.8 Å². The molecule has 0 fully saturated rings. The Morgan fingerprint density at radius 3 is 2.67 bits per heavy atom. The Morgan fingerprint density at radius 1 is 1.27 bits per heavy atom. The van der Waals surface area contributed by atoms with Gasteiger partial charge < -0.3 is 0 Å². The van der Waals surface area contributed by atoms with Gasteiger partial charge >= 0.3 is 0 Å². The second-order valence-electron chi connectivity index (χ2n) is 3.43. The van der Waals surface area contributed by atoms with Crippen LogP contribution < -0.4 is 0 Å². The number of hydrogen-bond donors (Lipinski definition) is 0. The van der Waals surface area contributed by atoms with Crippen molar-refractivity contribution in [3.8, 4) is 0 Å². The standard InChI is InChI=1S/C12H10BrFS/c1-8-6-9(2-3-11(8)14)12(13)10-4-5-15-7-10/h2-7,12H,1H3. The highest BCUT2D eigenvalue weighted by Crippen LogP contribution is 2.32. The number of alkyl halides is 1. The Hall–Kier alpha value is -0.670. The topological polar surface area (TPSA) is 0 Å². The predicted molar refractivity (Wildman–Crippen MR) is 66.2 cm³/mol. The van der Waals surface area contributed by atoms with Gasteiger partial charge in [-0.05, 0) is 46.5 Å². The van der Waals surface area contributed by atoms with Crippen molar-refractivity contribution in [2.24, 2.45) is 0 Å². The van der Waals surface area contributed by atoms with Crippen LogP contribution in [0.4, 0.5) is 4.39 Å². The van der Waals surface area contributed by atoms with Crippen LogP contribution in [-0.4, -0.2) is 0 Å². The summed E-state index contributed by atoms with van der Waals surface area (Å²) in [6, 6.07) is 7.29. The van der Waals surface area contributed by atoms with E-state index in [2.05, 4.69) is 27.4 Å². The third-order valence-corrected chi connectivity index (χ3v) is 4.07. The van der Waals surface area contributed by atoms with Gasteiger partial charge in [0, 0.05) is 0 Å². The van der Waals surface area contributed by atoms with Crippen LogP contribution in [0.2, 0.25) is 0 Å². The summed E-state index contributed by atoms with van der Waals surface area (Å²) in [6.07, 6.45) is 0. The Labute approximate surface area is 101 Å². The molecule has 78 valence electrons. The third kappa shape index (κ3) is 2.29. The van der Waals surface area contributed by atoms with Gasteiger partial charge in [0.15, 0.2) is 0 Å². The molecule has 0 saturated carbocycles. The summed E-state index contributed by atoms with van der Waals surface area (Å²) >= 11 is 5.28. The fourth-order valence-corrected chi connectivity index (χ4v) is 2.87. The van der Waals surface area contributed by atoms with E-state index in [1.807, 2.05) is 17.5 Å². The molecule has 0 radical (unpaired) electrons. The molecule has 2 aromatic rings. The van der Waals surface area contributed by atoms with Crippen LogP contribution in [0.3, 0.4) is 0 Å². The summed E-state index contributed by atoms with van der Waals surface area (Å²) in [6.45, 7) is 1.78. The van der Waals surface area contributed by atoms with E-state index in [0.29, 0.717) is 5.56 Å². The number of benzene rings is 1. The summed E-state index contributed by atoms with van der Waals surface area (Å²) in [4.78, 5) is 0.156. The molecule has 0 bridgehead atoms. The van der Waals surface area contributed by atoms with E-state index in [1.54, 1.807) is 18.3 Å². The number of thiophene rings is 1. The van der Waals surface area contributed by atoms with E-state index < -0.39 is 0 Å². The van der Waals surface area contributed by atoms with Crippen molar-refractivity contribution in [3.63, 3.8) is 0 Å². The van der Waals surface area contributed by atoms with Crippen LogP contribution in [0, 0.1) is 12.7 Å². The maximum atomic E-state index is 13.1. The summed E-state index contributed by atoms with van der Waals surface area (Å²) in [5.41, 5.74) is 2.99. The maximum Gasteiger partial charge on any atom is 0.126 e. The van der Waals surface area contributed by atoms with E-state index in [9.17, 15) is 4.39 Å². The quantitative estimate of drug-likeness (QED) is 0.703. The number of aryl methyl sites for hydroxylation is 1. The number of halogens is 2. The monoisotopic (exact) mass is 284 g/mol. The van der Waals surface area contributed by atoms with Crippen molar-refractivity contribution in [2.75, 3.05) is 0 Å². The molecular formula is C12H10BrFS. The van der Waals surface area contributed by atoms with Crippen LogP contribution in [0.5, 0.6) is 0 Å².